The predicted octanol–water partition coefficient (Wildman–Crippen LogP) is 0.656. The van der Waals surface area contributed by atoms with Crippen molar-refractivity contribution in [1.29, 1.82) is 0 Å². The standard InChI is InChI=1S/C11H23NO3S/c1-11(2,3)16(14,15)8-7-12-6-4-5-10(12)9-13/h10,13H,4-9H2,1-3H3/t10-/m0/s1. The van der Waals surface area contributed by atoms with Gasteiger partial charge in [-0.05, 0) is 40.2 Å². The average Bonchev–Trinajstić information content (AvgIpc) is 2.60. The summed E-state index contributed by atoms with van der Waals surface area (Å²) in [5.41, 5.74) is 0. The second-order valence-electron chi connectivity index (χ2n) is 5.45. The third kappa shape index (κ3) is 3.18. The van der Waals surface area contributed by atoms with Gasteiger partial charge in [-0.25, -0.2) is 8.42 Å². The summed E-state index contributed by atoms with van der Waals surface area (Å²) in [6, 6.07) is 0.162. The molecule has 96 valence electrons. The smallest absolute Gasteiger partial charge is 0.156 e. The number of rotatable bonds is 4. The van der Waals surface area contributed by atoms with Crippen LogP contribution in [0.3, 0.4) is 0 Å². The van der Waals surface area contributed by atoms with Gasteiger partial charge >= 0.3 is 0 Å². The van der Waals surface area contributed by atoms with Crippen LogP contribution >= 0.6 is 0 Å². The summed E-state index contributed by atoms with van der Waals surface area (Å²) in [5.74, 6) is 0.188. The molecule has 1 atom stereocenters. The van der Waals surface area contributed by atoms with Gasteiger partial charge in [0, 0.05) is 12.6 Å². The maximum absolute atomic E-state index is 11.9. The molecule has 0 spiro atoms. The van der Waals surface area contributed by atoms with Crippen molar-refractivity contribution in [1.82, 2.24) is 4.90 Å². The number of nitrogens with zero attached hydrogens (tertiary/aromatic N) is 1. The number of aliphatic hydroxyl groups excluding tert-OH is 1. The van der Waals surface area contributed by atoms with Crippen molar-refractivity contribution in [2.24, 2.45) is 0 Å². The van der Waals surface area contributed by atoms with Gasteiger partial charge in [-0.1, -0.05) is 0 Å². The lowest BCUT2D eigenvalue weighted by Gasteiger charge is -2.25. The molecular weight excluding hydrogens is 226 g/mol. The first-order valence-electron chi connectivity index (χ1n) is 5.85. The molecule has 16 heavy (non-hydrogen) atoms. The summed E-state index contributed by atoms with van der Waals surface area (Å²) in [4.78, 5) is 2.09. The molecule has 1 aliphatic rings. The normalized spacial score (nSPS) is 23.9. The lowest BCUT2D eigenvalue weighted by Crippen LogP contribution is -2.39. The number of likely N-dealkylation sites (tertiary alicyclic amines) is 1. The Kier molecular flexibility index (Phi) is 4.37. The van der Waals surface area contributed by atoms with E-state index in [1.165, 1.54) is 0 Å². The first-order valence-corrected chi connectivity index (χ1v) is 7.50. The van der Waals surface area contributed by atoms with Crippen molar-refractivity contribution in [3.05, 3.63) is 0 Å². The SMILES string of the molecule is CC(C)(C)S(=O)(=O)CCN1CCC[C@H]1CO. The highest BCUT2D eigenvalue weighted by atomic mass is 32.2. The van der Waals surface area contributed by atoms with Crippen LogP contribution < -0.4 is 0 Å². The zero-order valence-corrected chi connectivity index (χ0v) is 11.3. The third-order valence-corrected chi connectivity index (χ3v) is 5.88. The summed E-state index contributed by atoms with van der Waals surface area (Å²) in [7, 11) is -3.04. The fourth-order valence-electron chi connectivity index (χ4n) is 1.94. The van der Waals surface area contributed by atoms with Gasteiger partial charge in [0.1, 0.15) is 0 Å². The summed E-state index contributed by atoms with van der Waals surface area (Å²) >= 11 is 0. The highest BCUT2D eigenvalue weighted by Crippen LogP contribution is 2.19. The van der Waals surface area contributed by atoms with Crippen molar-refractivity contribution < 1.29 is 13.5 Å². The second kappa shape index (κ2) is 5.02. The van der Waals surface area contributed by atoms with E-state index in [1.54, 1.807) is 20.8 Å². The molecule has 1 fully saturated rings. The van der Waals surface area contributed by atoms with Gasteiger partial charge in [-0.3, -0.25) is 4.90 Å². The first kappa shape index (κ1) is 13.9. The number of hydrogen-bond donors (Lipinski definition) is 1. The Hall–Kier alpha value is -0.130. The highest BCUT2D eigenvalue weighted by Gasteiger charge is 2.31. The van der Waals surface area contributed by atoms with Gasteiger partial charge in [-0.15, -0.1) is 0 Å². The Labute approximate surface area is 98.6 Å². The molecule has 0 radical (unpaired) electrons. The maximum atomic E-state index is 11.9. The van der Waals surface area contributed by atoms with E-state index in [9.17, 15) is 8.42 Å². The van der Waals surface area contributed by atoms with Crippen molar-refractivity contribution in [2.75, 3.05) is 25.4 Å². The van der Waals surface area contributed by atoms with E-state index < -0.39 is 14.6 Å². The molecule has 5 heteroatoms. The summed E-state index contributed by atoms with van der Waals surface area (Å²) in [6.07, 6.45) is 2.03. The fourth-order valence-corrected chi connectivity index (χ4v) is 3.03. The van der Waals surface area contributed by atoms with Crippen molar-refractivity contribution in [2.45, 2.75) is 44.4 Å². The number of hydrogen-bond acceptors (Lipinski definition) is 4. The molecule has 0 aromatic rings. The van der Waals surface area contributed by atoms with Crippen LogP contribution in [0.1, 0.15) is 33.6 Å². The van der Waals surface area contributed by atoms with Crippen LogP contribution in [0.4, 0.5) is 0 Å². The summed E-state index contributed by atoms with van der Waals surface area (Å²) < 4.78 is 23.2. The van der Waals surface area contributed by atoms with Crippen LogP contribution in [0.2, 0.25) is 0 Å². The van der Waals surface area contributed by atoms with Crippen LogP contribution in [0.5, 0.6) is 0 Å². The Morgan fingerprint density at radius 2 is 2.00 bits per heavy atom. The largest absolute Gasteiger partial charge is 0.395 e. The van der Waals surface area contributed by atoms with E-state index in [0.29, 0.717) is 6.54 Å². The zero-order valence-electron chi connectivity index (χ0n) is 10.4. The molecular formula is C11H23NO3S. The molecule has 1 aliphatic heterocycles. The Balaban J connectivity index is 2.52. The molecule has 4 nitrogen and oxygen atoms in total. The minimum Gasteiger partial charge on any atom is -0.395 e. The van der Waals surface area contributed by atoms with Crippen molar-refractivity contribution in [3.8, 4) is 0 Å². The van der Waals surface area contributed by atoms with E-state index in [2.05, 4.69) is 4.90 Å². The molecule has 0 unspecified atom stereocenters. The molecule has 0 aliphatic carbocycles. The quantitative estimate of drug-likeness (QED) is 0.795. The molecule has 1 N–H and O–H groups in total. The van der Waals surface area contributed by atoms with E-state index in [0.717, 1.165) is 19.4 Å². The Morgan fingerprint density at radius 3 is 2.50 bits per heavy atom. The lowest BCUT2D eigenvalue weighted by molar-refractivity contribution is 0.165. The van der Waals surface area contributed by atoms with E-state index in [4.69, 9.17) is 5.11 Å². The van der Waals surface area contributed by atoms with E-state index >= 15 is 0 Å². The first-order chi connectivity index (χ1) is 7.28. The molecule has 1 rings (SSSR count). The summed E-state index contributed by atoms with van der Waals surface area (Å²) in [5, 5.41) is 9.13. The maximum Gasteiger partial charge on any atom is 0.156 e. The van der Waals surface area contributed by atoms with Crippen molar-refractivity contribution >= 4 is 9.84 Å². The van der Waals surface area contributed by atoms with Gasteiger partial charge in [-0.2, -0.15) is 0 Å². The van der Waals surface area contributed by atoms with Gasteiger partial charge in [0.25, 0.3) is 0 Å². The van der Waals surface area contributed by atoms with Crippen LogP contribution in [0, 0.1) is 0 Å². The van der Waals surface area contributed by atoms with Crippen LogP contribution in [0.25, 0.3) is 0 Å². The van der Waals surface area contributed by atoms with E-state index in [-0.39, 0.29) is 18.4 Å². The lowest BCUT2D eigenvalue weighted by atomic mass is 10.2. The molecule has 1 heterocycles. The highest BCUT2D eigenvalue weighted by molar-refractivity contribution is 7.92. The number of aliphatic hydroxyl groups is 1. The molecule has 0 bridgehead atoms. The molecule has 0 aromatic carbocycles. The van der Waals surface area contributed by atoms with Gasteiger partial charge in [0.05, 0.1) is 17.1 Å². The molecule has 1 saturated heterocycles. The van der Waals surface area contributed by atoms with Gasteiger partial charge < -0.3 is 5.11 Å². The van der Waals surface area contributed by atoms with Crippen LogP contribution in [0.15, 0.2) is 0 Å². The Morgan fingerprint density at radius 1 is 1.38 bits per heavy atom. The monoisotopic (exact) mass is 249 g/mol. The van der Waals surface area contributed by atoms with Crippen molar-refractivity contribution in [3.63, 3.8) is 0 Å². The topological polar surface area (TPSA) is 57.6 Å². The minimum absolute atomic E-state index is 0.134. The second-order valence-corrected chi connectivity index (χ2v) is 8.31. The summed E-state index contributed by atoms with van der Waals surface area (Å²) in [6.45, 7) is 6.78. The minimum atomic E-state index is -3.04. The van der Waals surface area contributed by atoms with Crippen LogP contribution in [-0.2, 0) is 9.84 Å². The fraction of sp³-hybridized carbons (Fsp3) is 1.00. The third-order valence-electron chi connectivity index (χ3n) is 3.29. The molecule has 0 aromatic heterocycles. The van der Waals surface area contributed by atoms with E-state index in [1.807, 2.05) is 0 Å². The van der Waals surface area contributed by atoms with Gasteiger partial charge in [0.15, 0.2) is 9.84 Å². The predicted molar refractivity (Wildman–Crippen MR) is 65.2 cm³/mol. The van der Waals surface area contributed by atoms with Crippen LogP contribution in [-0.4, -0.2) is 54.7 Å². The molecule has 0 saturated carbocycles. The molecule has 0 amide bonds. The number of sulfone groups is 1. The Bertz CT molecular complexity index is 319. The zero-order chi connectivity index (χ0) is 12.4. The average molecular weight is 249 g/mol. The van der Waals surface area contributed by atoms with Gasteiger partial charge in [0.2, 0.25) is 0 Å².